The summed E-state index contributed by atoms with van der Waals surface area (Å²) in [5.74, 6) is -0.299. The fourth-order valence-corrected chi connectivity index (χ4v) is 4.59. The fourth-order valence-electron chi connectivity index (χ4n) is 4.59. The van der Waals surface area contributed by atoms with E-state index in [0.29, 0.717) is 16.8 Å². The molecule has 0 fully saturated rings. The summed E-state index contributed by atoms with van der Waals surface area (Å²) in [6.07, 6.45) is 3.62. The number of hydrogen-bond donors (Lipinski definition) is 0. The minimum atomic E-state index is -0.591. The molecular formula is C33H28N4O3. The summed E-state index contributed by atoms with van der Waals surface area (Å²) < 4.78 is 7.55. The van der Waals surface area contributed by atoms with Gasteiger partial charge >= 0.3 is 0 Å². The van der Waals surface area contributed by atoms with Gasteiger partial charge in [0.05, 0.1) is 24.0 Å². The Morgan fingerprint density at radius 1 is 0.925 bits per heavy atom. The van der Waals surface area contributed by atoms with E-state index in [4.69, 9.17) is 9.84 Å². The number of imide groups is 1. The highest BCUT2D eigenvalue weighted by Gasteiger charge is 2.35. The van der Waals surface area contributed by atoms with Crippen molar-refractivity contribution in [1.29, 1.82) is 5.26 Å². The number of carbonyl (C=O) groups is 2. The SMILES string of the molecule is CC1=C(C#N)C(=O)N(Cc2ccccc2)C(=O)/C1=C/c1cn(-c2ccccc2)nc1-c1ccc(OC(C)C)cc1. The summed E-state index contributed by atoms with van der Waals surface area (Å²) in [6.45, 7) is 5.65. The summed E-state index contributed by atoms with van der Waals surface area (Å²) in [5, 5.41) is 14.7. The van der Waals surface area contributed by atoms with Crippen molar-refractivity contribution in [2.45, 2.75) is 33.4 Å². The van der Waals surface area contributed by atoms with E-state index in [9.17, 15) is 14.9 Å². The van der Waals surface area contributed by atoms with Crippen LogP contribution in [0.1, 0.15) is 31.9 Å². The monoisotopic (exact) mass is 528 g/mol. The van der Waals surface area contributed by atoms with Crippen molar-refractivity contribution in [3.63, 3.8) is 0 Å². The Balaban J connectivity index is 1.62. The van der Waals surface area contributed by atoms with Gasteiger partial charge in [-0.15, -0.1) is 0 Å². The zero-order chi connectivity index (χ0) is 28.2. The predicted octanol–water partition coefficient (Wildman–Crippen LogP) is 6.12. The van der Waals surface area contributed by atoms with E-state index in [0.717, 1.165) is 27.5 Å². The Bertz CT molecular complexity index is 1660. The van der Waals surface area contributed by atoms with E-state index in [1.54, 1.807) is 17.7 Å². The Kier molecular flexibility index (Phi) is 7.43. The van der Waals surface area contributed by atoms with Crippen molar-refractivity contribution in [2.75, 3.05) is 0 Å². The first kappa shape index (κ1) is 26.4. The zero-order valence-electron chi connectivity index (χ0n) is 22.5. The lowest BCUT2D eigenvalue weighted by Gasteiger charge is -2.27. The molecule has 40 heavy (non-hydrogen) atoms. The largest absolute Gasteiger partial charge is 0.491 e. The van der Waals surface area contributed by atoms with Crippen LogP contribution in [0.3, 0.4) is 0 Å². The molecule has 0 bridgehead atoms. The molecule has 1 aromatic heterocycles. The number of hydrogen-bond acceptors (Lipinski definition) is 5. The Morgan fingerprint density at radius 3 is 2.20 bits per heavy atom. The highest BCUT2D eigenvalue weighted by Crippen LogP contribution is 2.32. The van der Waals surface area contributed by atoms with E-state index in [2.05, 4.69) is 0 Å². The van der Waals surface area contributed by atoms with Crippen molar-refractivity contribution >= 4 is 17.9 Å². The van der Waals surface area contributed by atoms with Gasteiger partial charge in [0.2, 0.25) is 0 Å². The maximum atomic E-state index is 13.7. The molecule has 0 saturated heterocycles. The number of ether oxygens (including phenoxy) is 1. The van der Waals surface area contributed by atoms with Crippen molar-refractivity contribution < 1.29 is 14.3 Å². The number of carbonyl (C=O) groups excluding carboxylic acids is 2. The highest BCUT2D eigenvalue weighted by atomic mass is 16.5. The molecule has 2 amide bonds. The predicted molar refractivity (Wildman–Crippen MR) is 153 cm³/mol. The van der Waals surface area contributed by atoms with Gasteiger partial charge in [0.25, 0.3) is 11.8 Å². The fraction of sp³-hybridized carbons (Fsp3) is 0.152. The molecule has 0 aliphatic carbocycles. The van der Waals surface area contributed by atoms with Gasteiger partial charge in [-0.3, -0.25) is 14.5 Å². The number of rotatable bonds is 7. The quantitative estimate of drug-likeness (QED) is 0.213. The van der Waals surface area contributed by atoms with Gasteiger partial charge in [-0.1, -0.05) is 48.5 Å². The maximum absolute atomic E-state index is 13.7. The van der Waals surface area contributed by atoms with Crippen LogP contribution in [-0.2, 0) is 16.1 Å². The number of nitrogens with zero attached hydrogens (tertiary/aromatic N) is 4. The van der Waals surface area contributed by atoms with Gasteiger partial charge in [0.1, 0.15) is 17.4 Å². The van der Waals surface area contributed by atoms with Crippen molar-refractivity contribution in [3.05, 3.63) is 119 Å². The van der Waals surface area contributed by atoms with Crippen LogP contribution in [0.25, 0.3) is 23.0 Å². The first-order valence-electron chi connectivity index (χ1n) is 13.0. The topological polar surface area (TPSA) is 88.2 Å². The Labute approximate surface area is 233 Å². The number of nitriles is 1. The van der Waals surface area contributed by atoms with Gasteiger partial charge in [-0.25, -0.2) is 4.68 Å². The van der Waals surface area contributed by atoms with Crippen LogP contribution in [0.2, 0.25) is 0 Å². The number of amides is 2. The minimum absolute atomic E-state index is 0.0473. The third-order valence-electron chi connectivity index (χ3n) is 6.57. The minimum Gasteiger partial charge on any atom is -0.491 e. The molecule has 0 saturated carbocycles. The van der Waals surface area contributed by atoms with E-state index in [1.165, 1.54) is 0 Å². The molecule has 1 aliphatic rings. The van der Waals surface area contributed by atoms with E-state index in [1.807, 2.05) is 111 Å². The third-order valence-corrected chi connectivity index (χ3v) is 6.57. The van der Waals surface area contributed by atoms with Gasteiger partial charge in [0.15, 0.2) is 0 Å². The van der Waals surface area contributed by atoms with Gasteiger partial charge in [-0.05, 0) is 74.4 Å². The molecule has 0 spiro atoms. The van der Waals surface area contributed by atoms with E-state index >= 15 is 0 Å². The third kappa shape index (κ3) is 5.33. The van der Waals surface area contributed by atoms with Gasteiger partial charge in [0, 0.05) is 22.9 Å². The molecule has 3 aromatic carbocycles. The number of para-hydroxylation sites is 1. The average molecular weight is 529 g/mol. The molecule has 0 N–H and O–H groups in total. The Hall–Kier alpha value is -5.22. The smallest absolute Gasteiger partial charge is 0.271 e. The second-order valence-corrected chi connectivity index (χ2v) is 9.76. The second-order valence-electron chi connectivity index (χ2n) is 9.76. The first-order valence-corrected chi connectivity index (χ1v) is 13.0. The molecule has 0 unspecified atom stereocenters. The summed E-state index contributed by atoms with van der Waals surface area (Å²) >= 11 is 0. The molecule has 0 atom stereocenters. The number of aromatic nitrogens is 2. The van der Waals surface area contributed by atoms with Crippen molar-refractivity contribution in [3.8, 4) is 28.8 Å². The van der Waals surface area contributed by atoms with Crippen LogP contribution in [-0.4, -0.2) is 32.6 Å². The van der Waals surface area contributed by atoms with Gasteiger partial charge in [-0.2, -0.15) is 10.4 Å². The summed E-state index contributed by atoms with van der Waals surface area (Å²) in [5.41, 5.74) is 4.39. The molecule has 2 heterocycles. The molecule has 198 valence electrons. The van der Waals surface area contributed by atoms with Crippen LogP contribution in [0.5, 0.6) is 5.75 Å². The zero-order valence-corrected chi connectivity index (χ0v) is 22.5. The average Bonchev–Trinajstić information content (AvgIpc) is 3.39. The standard InChI is InChI=1S/C33H28N4O3/c1-22(2)40-28-16-14-25(15-17-28)31-26(21-37(35-31)27-12-8-5-9-13-27)18-29-23(3)30(19-34)33(39)36(32(29)38)20-24-10-6-4-7-11-24/h4-18,21-22H,20H2,1-3H3/b29-18+. The van der Waals surface area contributed by atoms with Crippen LogP contribution >= 0.6 is 0 Å². The van der Waals surface area contributed by atoms with Crippen LogP contribution in [0.15, 0.2) is 108 Å². The molecule has 4 aromatic rings. The maximum Gasteiger partial charge on any atom is 0.271 e. The molecule has 0 radical (unpaired) electrons. The Morgan fingerprint density at radius 2 is 1.57 bits per heavy atom. The summed E-state index contributed by atoms with van der Waals surface area (Å²) in [7, 11) is 0. The summed E-state index contributed by atoms with van der Waals surface area (Å²) in [4.78, 5) is 28.0. The summed E-state index contributed by atoms with van der Waals surface area (Å²) in [6, 6.07) is 28.6. The molecule has 7 nitrogen and oxygen atoms in total. The lowest BCUT2D eigenvalue weighted by atomic mass is 9.93. The van der Waals surface area contributed by atoms with E-state index < -0.39 is 11.8 Å². The molecule has 7 heteroatoms. The van der Waals surface area contributed by atoms with Crippen molar-refractivity contribution in [1.82, 2.24) is 14.7 Å². The van der Waals surface area contributed by atoms with Crippen LogP contribution < -0.4 is 4.74 Å². The molecule has 1 aliphatic heterocycles. The van der Waals surface area contributed by atoms with Crippen LogP contribution in [0.4, 0.5) is 0 Å². The first-order chi connectivity index (χ1) is 19.4. The highest BCUT2D eigenvalue weighted by molar-refractivity contribution is 6.19. The number of benzene rings is 3. The second kappa shape index (κ2) is 11.3. The lowest BCUT2D eigenvalue weighted by Crippen LogP contribution is -2.42. The van der Waals surface area contributed by atoms with Crippen LogP contribution in [0, 0.1) is 11.3 Å². The van der Waals surface area contributed by atoms with Gasteiger partial charge < -0.3 is 4.74 Å². The van der Waals surface area contributed by atoms with E-state index in [-0.39, 0.29) is 23.8 Å². The molecular weight excluding hydrogens is 500 g/mol. The van der Waals surface area contributed by atoms with Crippen molar-refractivity contribution in [2.24, 2.45) is 0 Å². The molecule has 5 rings (SSSR count). The normalized spacial score (nSPS) is 14.7. The lowest BCUT2D eigenvalue weighted by molar-refractivity contribution is -0.141.